The van der Waals surface area contributed by atoms with Gasteiger partial charge in [0.1, 0.15) is 5.65 Å². The molecule has 1 fully saturated rings. The lowest BCUT2D eigenvalue weighted by Crippen LogP contribution is -2.33. The van der Waals surface area contributed by atoms with Crippen LogP contribution in [0.15, 0.2) is 90.2 Å². The Morgan fingerprint density at radius 3 is 2.67 bits per heavy atom. The molecule has 33 heavy (non-hydrogen) atoms. The number of hydrogen-bond acceptors (Lipinski definition) is 4. The van der Waals surface area contributed by atoms with Gasteiger partial charge in [0.15, 0.2) is 6.29 Å². The standard InChI is InChI=1S/C28H24N2O3/c1-19(32)28(12-6-13-28)16-21-7-2-3-10-24(21)20-8-4-9-23(15-20)30-17-22(18-31)26(33)25-11-5-14-29-27(25)30/h2-5,7-11,14-15,17-18,32H,1,6,12-13,16H2. The second-order valence-electron chi connectivity index (χ2n) is 8.74. The normalized spacial score (nSPS) is 14.5. The van der Waals surface area contributed by atoms with Crippen LogP contribution in [0.1, 0.15) is 35.2 Å². The third kappa shape index (κ3) is 3.55. The van der Waals surface area contributed by atoms with Gasteiger partial charge in [0.25, 0.3) is 0 Å². The summed E-state index contributed by atoms with van der Waals surface area (Å²) in [5.74, 6) is 0.268. The summed E-state index contributed by atoms with van der Waals surface area (Å²) in [7, 11) is 0. The molecule has 5 heteroatoms. The van der Waals surface area contributed by atoms with Crippen molar-refractivity contribution in [3.05, 3.63) is 107 Å². The molecule has 1 aliphatic carbocycles. The van der Waals surface area contributed by atoms with E-state index < -0.39 is 0 Å². The first-order chi connectivity index (χ1) is 16.0. The molecule has 1 aliphatic rings. The first-order valence-corrected chi connectivity index (χ1v) is 11.0. The number of nitrogens with zero attached hydrogens (tertiary/aromatic N) is 2. The van der Waals surface area contributed by atoms with E-state index in [1.54, 1.807) is 29.1 Å². The summed E-state index contributed by atoms with van der Waals surface area (Å²) in [6.07, 6.45) is 7.50. The van der Waals surface area contributed by atoms with Crippen LogP contribution >= 0.6 is 0 Å². The Morgan fingerprint density at radius 2 is 1.94 bits per heavy atom. The van der Waals surface area contributed by atoms with E-state index in [1.165, 1.54) is 0 Å². The minimum Gasteiger partial charge on any atom is -0.512 e. The van der Waals surface area contributed by atoms with Crippen molar-refractivity contribution in [1.82, 2.24) is 9.55 Å². The fourth-order valence-electron chi connectivity index (χ4n) is 4.78. The molecule has 0 spiro atoms. The van der Waals surface area contributed by atoms with Gasteiger partial charge in [-0.05, 0) is 60.2 Å². The first-order valence-electron chi connectivity index (χ1n) is 11.0. The molecule has 2 heterocycles. The molecule has 0 bridgehead atoms. The number of benzene rings is 2. The zero-order chi connectivity index (χ0) is 23.0. The van der Waals surface area contributed by atoms with Crippen LogP contribution in [0.25, 0.3) is 27.8 Å². The van der Waals surface area contributed by atoms with Crippen LogP contribution in [0.4, 0.5) is 0 Å². The van der Waals surface area contributed by atoms with Crippen molar-refractivity contribution in [2.24, 2.45) is 5.41 Å². The highest BCUT2D eigenvalue weighted by Crippen LogP contribution is 2.49. The Balaban J connectivity index is 1.63. The predicted molar refractivity (Wildman–Crippen MR) is 130 cm³/mol. The van der Waals surface area contributed by atoms with Crippen LogP contribution in [0, 0.1) is 5.41 Å². The molecule has 0 unspecified atom stereocenters. The van der Waals surface area contributed by atoms with E-state index in [0.29, 0.717) is 17.3 Å². The smallest absolute Gasteiger partial charge is 0.201 e. The van der Waals surface area contributed by atoms with Gasteiger partial charge in [-0.1, -0.05) is 49.4 Å². The van der Waals surface area contributed by atoms with Gasteiger partial charge in [-0.3, -0.25) is 9.59 Å². The molecule has 2 aromatic carbocycles. The molecule has 1 N–H and O–H groups in total. The van der Waals surface area contributed by atoms with Gasteiger partial charge in [-0.15, -0.1) is 0 Å². The molecule has 0 aliphatic heterocycles. The van der Waals surface area contributed by atoms with Crippen LogP contribution in [-0.2, 0) is 6.42 Å². The average Bonchev–Trinajstić information content (AvgIpc) is 2.82. The summed E-state index contributed by atoms with van der Waals surface area (Å²) in [4.78, 5) is 28.5. The van der Waals surface area contributed by atoms with Crippen molar-refractivity contribution < 1.29 is 9.90 Å². The molecular formula is C28H24N2O3. The largest absolute Gasteiger partial charge is 0.512 e. The minimum atomic E-state index is -0.319. The summed E-state index contributed by atoms with van der Waals surface area (Å²) in [5.41, 5.74) is 4.09. The van der Waals surface area contributed by atoms with Crippen LogP contribution < -0.4 is 5.43 Å². The quantitative estimate of drug-likeness (QED) is 0.313. The zero-order valence-corrected chi connectivity index (χ0v) is 18.2. The lowest BCUT2D eigenvalue weighted by molar-refractivity contribution is 0.112. The van der Waals surface area contributed by atoms with E-state index in [-0.39, 0.29) is 22.2 Å². The summed E-state index contributed by atoms with van der Waals surface area (Å²) < 4.78 is 1.79. The van der Waals surface area contributed by atoms with Crippen molar-refractivity contribution in [3.8, 4) is 16.8 Å². The molecule has 4 aromatic rings. The Morgan fingerprint density at radius 1 is 1.12 bits per heavy atom. The summed E-state index contributed by atoms with van der Waals surface area (Å²) >= 11 is 0. The number of carbonyl (C=O) groups is 1. The lowest BCUT2D eigenvalue weighted by atomic mass is 9.64. The van der Waals surface area contributed by atoms with Crippen molar-refractivity contribution in [1.29, 1.82) is 0 Å². The van der Waals surface area contributed by atoms with E-state index in [9.17, 15) is 14.7 Å². The SMILES string of the molecule is C=C(O)C1(Cc2ccccc2-c2cccc(-n3cc(C=O)c(=O)c4cccnc43)c2)CCC1. The zero-order valence-electron chi connectivity index (χ0n) is 18.2. The maximum absolute atomic E-state index is 12.6. The molecule has 0 atom stereocenters. The van der Waals surface area contributed by atoms with Crippen LogP contribution in [0.2, 0.25) is 0 Å². The number of pyridine rings is 2. The van der Waals surface area contributed by atoms with Gasteiger partial charge in [0.2, 0.25) is 5.43 Å². The monoisotopic (exact) mass is 436 g/mol. The van der Waals surface area contributed by atoms with Gasteiger partial charge in [-0.25, -0.2) is 4.98 Å². The maximum Gasteiger partial charge on any atom is 0.201 e. The number of hydrogen-bond donors (Lipinski definition) is 1. The summed E-state index contributed by atoms with van der Waals surface area (Å²) in [6, 6.07) is 19.6. The van der Waals surface area contributed by atoms with Gasteiger partial charge >= 0.3 is 0 Å². The predicted octanol–water partition coefficient (Wildman–Crippen LogP) is 5.65. The van der Waals surface area contributed by atoms with Crippen LogP contribution in [-0.4, -0.2) is 20.9 Å². The molecule has 5 rings (SSSR count). The molecule has 0 radical (unpaired) electrons. The van der Waals surface area contributed by atoms with Gasteiger partial charge in [0.05, 0.1) is 16.7 Å². The molecule has 0 amide bonds. The maximum atomic E-state index is 12.6. The van der Waals surface area contributed by atoms with Crippen molar-refractivity contribution >= 4 is 17.3 Å². The molecular weight excluding hydrogens is 412 g/mol. The minimum absolute atomic E-state index is 0.0923. The highest BCUT2D eigenvalue weighted by Gasteiger charge is 2.40. The van der Waals surface area contributed by atoms with Crippen molar-refractivity contribution in [2.75, 3.05) is 0 Å². The topological polar surface area (TPSA) is 72.2 Å². The highest BCUT2D eigenvalue weighted by molar-refractivity contribution is 5.85. The van der Waals surface area contributed by atoms with Crippen LogP contribution in [0.5, 0.6) is 0 Å². The van der Waals surface area contributed by atoms with E-state index in [2.05, 4.69) is 23.7 Å². The van der Waals surface area contributed by atoms with Gasteiger partial charge < -0.3 is 9.67 Å². The number of aldehydes is 1. The highest BCUT2D eigenvalue weighted by atomic mass is 16.3. The average molecular weight is 437 g/mol. The Hall–Kier alpha value is -3.99. The summed E-state index contributed by atoms with van der Waals surface area (Å²) in [5, 5.41) is 10.7. The van der Waals surface area contributed by atoms with Crippen molar-refractivity contribution in [2.45, 2.75) is 25.7 Å². The Labute approximate surface area is 191 Å². The fourth-order valence-corrected chi connectivity index (χ4v) is 4.78. The number of carbonyl (C=O) groups excluding carboxylic acids is 1. The number of aliphatic hydroxyl groups is 1. The van der Waals surface area contributed by atoms with E-state index in [0.717, 1.165) is 48.1 Å². The molecule has 5 nitrogen and oxygen atoms in total. The number of aliphatic hydroxyl groups excluding tert-OH is 1. The number of allylic oxidation sites excluding steroid dienone is 1. The van der Waals surface area contributed by atoms with Crippen LogP contribution in [0.3, 0.4) is 0 Å². The molecule has 1 saturated carbocycles. The van der Waals surface area contributed by atoms with Crippen molar-refractivity contribution in [3.63, 3.8) is 0 Å². The Bertz CT molecular complexity index is 1450. The molecule has 164 valence electrons. The second kappa shape index (κ2) is 8.17. The first kappa shape index (κ1) is 20.9. The number of rotatable bonds is 6. The molecule has 0 saturated heterocycles. The van der Waals surface area contributed by atoms with Gasteiger partial charge in [-0.2, -0.15) is 0 Å². The fraction of sp³-hybridized carbons (Fsp3) is 0.179. The van der Waals surface area contributed by atoms with Gasteiger partial charge in [0, 0.05) is 23.5 Å². The van der Waals surface area contributed by atoms with E-state index in [4.69, 9.17) is 0 Å². The Kier molecular flexibility index (Phi) is 5.17. The summed E-state index contributed by atoms with van der Waals surface area (Å²) in [6.45, 7) is 3.85. The second-order valence-corrected chi connectivity index (χ2v) is 8.74. The third-order valence-corrected chi connectivity index (χ3v) is 6.82. The number of fused-ring (bicyclic) bond motifs is 1. The molecule has 2 aromatic heterocycles. The third-order valence-electron chi connectivity index (χ3n) is 6.82. The lowest BCUT2D eigenvalue weighted by Gasteiger charge is -2.41. The number of aromatic nitrogens is 2. The van der Waals surface area contributed by atoms with E-state index >= 15 is 0 Å². The van der Waals surface area contributed by atoms with E-state index in [1.807, 2.05) is 36.4 Å².